The van der Waals surface area contributed by atoms with Crippen LogP contribution in [-0.4, -0.2) is 47.4 Å². The molecular formula is C18H31N3O3S. The smallest absolute Gasteiger partial charge is 0.191 e. The fourth-order valence-corrected chi connectivity index (χ4v) is 2.86. The van der Waals surface area contributed by atoms with Gasteiger partial charge in [-0.3, -0.25) is 4.99 Å². The predicted molar refractivity (Wildman–Crippen MR) is 103 cm³/mol. The average Bonchev–Trinajstić information content (AvgIpc) is 2.55. The van der Waals surface area contributed by atoms with Gasteiger partial charge in [-0.05, 0) is 36.6 Å². The van der Waals surface area contributed by atoms with Crippen LogP contribution in [0.2, 0.25) is 0 Å². The Bertz CT molecular complexity index is 625. The molecule has 0 saturated heterocycles. The maximum absolute atomic E-state index is 11.4. The first-order valence-corrected chi connectivity index (χ1v) is 10.6. The maximum atomic E-state index is 11.4. The second-order valence-corrected chi connectivity index (χ2v) is 8.42. The number of hydrogen-bond donors (Lipinski definition) is 2. The number of nitrogens with one attached hydrogen (secondary N) is 2. The molecule has 0 aromatic heterocycles. The Hall–Kier alpha value is -1.76. The van der Waals surface area contributed by atoms with Crippen LogP contribution in [0.5, 0.6) is 5.75 Å². The van der Waals surface area contributed by atoms with Crippen molar-refractivity contribution < 1.29 is 13.2 Å². The van der Waals surface area contributed by atoms with Gasteiger partial charge in [0.15, 0.2) is 15.8 Å². The number of ether oxygens (including phenoxy) is 1. The SMILES string of the molecule is CN=C(NCCCCC(C)C)NCCOc1ccc(S(C)(=O)=O)cc1. The first-order chi connectivity index (χ1) is 11.8. The zero-order chi connectivity index (χ0) is 18.7. The molecule has 1 rings (SSSR count). The van der Waals surface area contributed by atoms with Gasteiger partial charge in [-0.1, -0.05) is 26.7 Å². The van der Waals surface area contributed by atoms with E-state index in [0.717, 1.165) is 24.8 Å². The van der Waals surface area contributed by atoms with Crippen molar-refractivity contribution in [1.82, 2.24) is 10.6 Å². The number of benzene rings is 1. The van der Waals surface area contributed by atoms with Crippen molar-refractivity contribution in [3.05, 3.63) is 24.3 Å². The molecule has 7 heteroatoms. The summed E-state index contributed by atoms with van der Waals surface area (Å²) in [7, 11) is -1.43. The van der Waals surface area contributed by atoms with Crippen molar-refractivity contribution in [2.45, 2.75) is 38.0 Å². The highest BCUT2D eigenvalue weighted by molar-refractivity contribution is 7.90. The minimum absolute atomic E-state index is 0.292. The molecule has 0 atom stereocenters. The minimum atomic E-state index is -3.17. The number of unbranched alkanes of at least 4 members (excludes halogenated alkanes) is 1. The third-order valence-electron chi connectivity index (χ3n) is 3.64. The summed E-state index contributed by atoms with van der Waals surface area (Å²) in [5.74, 6) is 2.16. The van der Waals surface area contributed by atoms with Gasteiger partial charge in [-0.25, -0.2) is 8.42 Å². The van der Waals surface area contributed by atoms with Gasteiger partial charge in [0.2, 0.25) is 0 Å². The van der Waals surface area contributed by atoms with E-state index in [4.69, 9.17) is 4.74 Å². The second kappa shape index (κ2) is 11.0. The quantitative estimate of drug-likeness (QED) is 0.376. The van der Waals surface area contributed by atoms with Gasteiger partial charge in [0.25, 0.3) is 0 Å². The van der Waals surface area contributed by atoms with Gasteiger partial charge in [-0.2, -0.15) is 0 Å². The molecule has 142 valence electrons. The van der Waals surface area contributed by atoms with E-state index in [2.05, 4.69) is 29.5 Å². The number of nitrogens with zero attached hydrogens (tertiary/aromatic N) is 1. The van der Waals surface area contributed by atoms with Crippen LogP contribution >= 0.6 is 0 Å². The number of rotatable bonds is 10. The average molecular weight is 370 g/mol. The van der Waals surface area contributed by atoms with Crippen LogP contribution in [0, 0.1) is 5.92 Å². The molecule has 1 aromatic carbocycles. The molecule has 1 aromatic rings. The summed E-state index contributed by atoms with van der Waals surface area (Å²) in [6, 6.07) is 6.43. The van der Waals surface area contributed by atoms with Gasteiger partial charge >= 0.3 is 0 Å². The molecule has 0 spiro atoms. The molecule has 0 aliphatic carbocycles. The second-order valence-electron chi connectivity index (χ2n) is 6.41. The van der Waals surface area contributed by atoms with Gasteiger partial charge in [0.05, 0.1) is 11.4 Å². The Morgan fingerprint density at radius 3 is 2.32 bits per heavy atom. The third-order valence-corrected chi connectivity index (χ3v) is 4.77. The predicted octanol–water partition coefficient (Wildman–Crippen LogP) is 2.46. The first-order valence-electron chi connectivity index (χ1n) is 8.70. The van der Waals surface area contributed by atoms with Gasteiger partial charge in [-0.15, -0.1) is 0 Å². The lowest BCUT2D eigenvalue weighted by atomic mass is 10.1. The van der Waals surface area contributed by atoms with Crippen molar-refractivity contribution in [3.63, 3.8) is 0 Å². The standard InChI is InChI=1S/C18H31N3O3S/c1-15(2)7-5-6-12-20-18(19-3)21-13-14-24-16-8-10-17(11-9-16)25(4,22)23/h8-11,15H,5-7,12-14H2,1-4H3,(H2,19,20,21). The molecule has 2 N–H and O–H groups in total. The van der Waals surface area contributed by atoms with Gasteiger partial charge < -0.3 is 15.4 Å². The van der Waals surface area contributed by atoms with Gasteiger partial charge in [0, 0.05) is 19.8 Å². The Morgan fingerprint density at radius 1 is 1.12 bits per heavy atom. The van der Waals surface area contributed by atoms with Crippen LogP contribution in [-0.2, 0) is 9.84 Å². The Labute approximate surface area is 152 Å². The van der Waals surface area contributed by atoms with Crippen molar-refractivity contribution in [2.75, 3.05) is 33.0 Å². The lowest BCUT2D eigenvalue weighted by Gasteiger charge is -2.13. The molecular weight excluding hydrogens is 338 g/mol. The number of sulfone groups is 1. The molecule has 0 aliphatic heterocycles. The Kier molecular flexibility index (Phi) is 9.34. The van der Waals surface area contributed by atoms with Crippen LogP contribution in [0.15, 0.2) is 34.2 Å². The molecule has 0 bridgehead atoms. The fourth-order valence-electron chi connectivity index (χ4n) is 2.23. The lowest BCUT2D eigenvalue weighted by molar-refractivity contribution is 0.321. The molecule has 0 aliphatic rings. The van der Waals surface area contributed by atoms with Crippen LogP contribution in [0.25, 0.3) is 0 Å². The van der Waals surface area contributed by atoms with E-state index in [9.17, 15) is 8.42 Å². The van der Waals surface area contributed by atoms with Gasteiger partial charge in [0.1, 0.15) is 12.4 Å². The highest BCUT2D eigenvalue weighted by Crippen LogP contribution is 2.15. The number of guanidine groups is 1. The molecule has 0 amide bonds. The van der Waals surface area contributed by atoms with Crippen LogP contribution in [0.1, 0.15) is 33.1 Å². The summed E-state index contributed by atoms with van der Waals surface area (Å²) in [6.07, 6.45) is 4.78. The molecule has 6 nitrogen and oxygen atoms in total. The number of aliphatic imine (C=N–C) groups is 1. The highest BCUT2D eigenvalue weighted by Gasteiger charge is 2.06. The van der Waals surface area contributed by atoms with E-state index >= 15 is 0 Å². The van der Waals surface area contributed by atoms with E-state index in [0.29, 0.717) is 23.8 Å². The highest BCUT2D eigenvalue weighted by atomic mass is 32.2. The van der Waals surface area contributed by atoms with Crippen LogP contribution < -0.4 is 15.4 Å². The third kappa shape index (κ3) is 9.34. The number of hydrogen-bond acceptors (Lipinski definition) is 4. The fraction of sp³-hybridized carbons (Fsp3) is 0.611. The van der Waals surface area contributed by atoms with Crippen LogP contribution in [0.4, 0.5) is 0 Å². The van der Waals surface area contributed by atoms with E-state index in [1.807, 2.05) is 0 Å². The zero-order valence-corrected chi connectivity index (χ0v) is 16.5. The summed E-state index contributed by atoms with van der Waals surface area (Å²) < 4.78 is 28.4. The lowest BCUT2D eigenvalue weighted by Crippen LogP contribution is -2.39. The summed E-state index contributed by atoms with van der Waals surface area (Å²) in [6.45, 7) is 6.46. The summed E-state index contributed by atoms with van der Waals surface area (Å²) in [4.78, 5) is 4.47. The Balaban J connectivity index is 2.22. The molecule has 0 heterocycles. The summed E-state index contributed by atoms with van der Waals surface area (Å²) in [5.41, 5.74) is 0. The normalized spacial score (nSPS) is 12.3. The molecule has 0 unspecified atom stereocenters. The summed E-state index contributed by atoms with van der Waals surface area (Å²) in [5, 5.41) is 6.48. The molecule has 25 heavy (non-hydrogen) atoms. The zero-order valence-electron chi connectivity index (χ0n) is 15.7. The monoisotopic (exact) mass is 369 g/mol. The molecule has 0 radical (unpaired) electrons. The van der Waals surface area contributed by atoms with Crippen molar-refractivity contribution >= 4 is 15.8 Å². The molecule has 0 fully saturated rings. The van der Waals surface area contributed by atoms with E-state index in [-0.39, 0.29) is 0 Å². The topological polar surface area (TPSA) is 79.8 Å². The first kappa shape index (κ1) is 21.3. The molecule has 0 saturated carbocycles. The van der Waals surface area contributed by atoms with E-state index < -0.39 is 9.84 Å². The van der Waals surface area contributed by atoms with E-state index in [1.165, 1.54) is 19.1 Å². The van der Waals surface area contributed by atoms with Crippen molar-refractivity contribution in [2.24, 2.45) is 10.9 Å². The Morgan fingerprint density at radius 2 is 1.76 bits per heavy atom. The minimum Gasteiger partial charge on any atom is -0.492 e. The van der Waals surface area contributed by atoms with Crippen molar-refractivity contribution in [3.8, 4) is 5.75 Å². The summed E-state index contributed by atoms with van der Waals surface area (Å²) >= 11 is 0. The van der Waals surface area contributed by atoms with E-state index in [1.54, 1.807) is 31.3 Å². The largest absolute Gasteiger partial charge is 0.492 e. The van der Waals surface area contributed by atoms with Crippen LogP contribution in [0.3, 0.4) is 0 Å². The van der Waals surface area contributed by atoms with Crippen molar-refractivity contribution in [1.29, 1.82) is 0 Å². The maximum Gasteiger partial charge on any atom is 0.191 e.